The van der Waals surface area contributed by atoms with Crippen LogP contribution < -0.4 is 10.6 Å². The van der Waals surface area contributed by atoms with E-state index in [1.54, 1.807) is 6.92 Å². The van der Waals surface area contributed by atoms with Crippen molar-refractivity contribution in [3.05, 3.63) is 71.1 Å². The molecule has 1 aliphatic heterocycles. The maximum atomic E-state index is 14.7. The Labute approximate surface area is 246 Å². The van der Waals surface area contributed by atoms with Gasteiger partial charge in [0.25, 0.3) is 11.8 Å². The van der Waals surface area contributed by atoms with Gasteiger partial charge in [-0.05, 0) is 37.1 Å². The van der Waals surface area contributed by atoms with Gasteiger partial charge in [0.1, 0.15) is 6.17 Å². The molecule has 2 N–H and O–H groups in total. The van der Waals surface area contributed by atoms with Crippen LogP contribution in [-0.4, -0.2) is 66.6 Å². The molecule has 12 nitrogen and oxygen atoms in total. The monoisotopic (exact) mass is 626 g/mol. The highest BCUT2D eigenvalue weighted by Gasteiger charge is 2.35. The van der Waals surface area contributed by atoms with Crippen molar-refractivity contribution in [1.82, 2.24) is 40.6 Å². The van der Waals surface area contributed by atoms with Crippen LogP contribution in [0.2, 0.25) is 0 Å². The van der Waals surface area contributed by atoms with E-state index in [4.69, 9.17) is 0 Å². The number of aromatic nitrogens is 5. The van der Waals surface area contributed by atoms with E-state index in [1.165, 1.54) is 35.7 Å². The first kappa shape index (κ1) is 32.3. The van der Waals surface area contributed by atoms with Crippen molar-refractivity contribution in [1.29, 1.82) is 0 Å². The highest BCUT2D eigenvalue weighted by Crippen LogP contribution is 2.29. The second kappa shape index (κ2) is 13.3. The maximum Gasteiger partial charge on any atom is 0.417 e. The molecule has 0 spiro atoms. The predicted octanol–water partition coefficient (Wildman–Crippen LogP) is 3.61. The molecule has 4 rings (SSSR count). The number of hydrogen-bond acceptors (Lipinski definition) is 9. The van der Waals surface area contributed by atoms with Crippen molar-refractivity contribution in [3.8, 4) is 0 Å². The summed E-state index contributed by atoms with van der Waals surface area (Å²) in [5.74, 6) is -4.26. The summed E-state index contributed by atoms with van der Waals surface area (Å²) in [6.45, 7) is 1.98. The fourth-order valence-electron chi connectivity index (χ4n) is 4.18. The first-order valence-electron chi connectivity index (χ1n) is 13.3. The van der Waals surface area contributed by atoms with Gasteiger partial charge in [0.2, 0.25) is 5.91 Å². The Kier molecular flexibility index (Phi) is 9.78. The number of halogens is 6. The van der Waals surface area contributed by atoms with Gasteiger partial charge in [-0.2, -0.15) is 18.3 Å². The van der Waals surface area contributed by atoms with Gasteiger partial charge in [-0.25, -0.2) is 17.9 Å². The largest absolute Gasteiger partial charge is 0.417 e. The molecular formula is C26H28F6N10O2. The summed E-state index contributed by atoms with van der Waals surface area (Å²) in [6.07, 6.45) is -1.73. The highest BCUT2D eigenvalue weighted by molar-refractivity contribution is 5.91. The van der Waals surface area contributed by atoms with Crippen molar-refractivity contribution in [2.24, 2.45) is 10.3 Å². The average Bonchev–Trinajstić information content (AvgIpc) is 3.59. The minimum absolute atomic E-state index is 0.0242. The molecule has 0 fully saturated rings. The van der Waals surface area contributed by atoms with Gasteiger partial charge in [-0.1, -0.05) is 10.4 Å². The Bertz CT molecular complexity index is 1490. The summed E-state index contributed by atoms with van der Waals surface area (Å²) < 4.78 is 81.5. The van der Waals surface area contributed by atoms with Gasteiger partial charge in [0, 0.05) is 44.2 Å². The summed E-state index contributed by atoms with van der Waals surface area (Å²) in [6, 6.07) is 1.86. The molecule has 3 aromatic rings. The van der Waals surface area contributed by atoms with Gasteiger partial charge in [0.05, 0.1) is 36.6 Å². The van der Waals surface area contributed by atoms with Crippen molar-refractivity contribution >= 4 is 11.8 Å². The van der Waals surface area contributed by atoms with E-state index in [2.05, 4.69) is 41.3 Å². The number of carbonyl (C=O) groups excluding carboxylic acids is 2. The van der Waals surface area contributed by atoms with Gasteiger partial charge >= 0.3 is 6.18 Å². The number of nitrogens with zero attached hydrogens (tertiary/aromatic N) is 8. The third-order valence-corrected chi connectivity index (χ3v) is 6.66. The van der Waals surface area contributed by atoms with Crippen LogP contribution in [0.3, 0.4) is 0 Å². The number of rotatable bonds is 12. The average molecular weight is 627 g/mol. The van der Waals surface area contributed by atoms with E-state index in [-0.39, 0.29) is 55.1 Å². The van der Waals surface area contributed by atoms with Crippen LogP contribution in [0.5, 0.6) is 0 Å². The zero-order valence-corrected chi connectivity index (χ0v) is 23.5. The fourth-order valence-corrected chi connectivity index (χ4v) is 4.18. The molecule has 2 amide bonds. The quantitative estimate of drug-likeness (QED) is 0.293. The lowest BCUT2D eigenvalue weighted by atomic mass is 10.1. The van der Waals surface area contributed by atoms with E-state index >= 15 is 0 Å². The third kappa shape index (κ3) is 8.47. The highest BCUT2D eigenvalue weighted by atomic mass is 19.4. The first-order chi connectivity index (χ1) is 20.7. The first-order valence-corrected chi connectivity index (χ1v) is 13.3. The van der Waals surface area contributed by atoms with Crippen LogP contribution in [0.4, 0.5) is 26.3 Å². The second-order valence-corrected chi connectivity index (χ2v) is 10.2. The minimum atomic E-state index is -4.57. The second-order valence-electron chi connectivity index (χ2n) is 10.2. The number of amides is 2. The molecule has 0 bridgehead atoms. The molecule has 1 aliphatic rings. The Morgan fingerprint density at radius 3 is 2.57 bits per heavy atom. The molecule has 18 heteroatoms. The van der Waals surface area contributed by atoms with E-state index in [0.29, 0.717) is 6.20 Å². The number of hydrogen-bond donors (Lipinski definition) is 2. The molecule has 0 radical (unpaired) electrons. The minimum Gasteiger partial charge on any atom is -0.348 e. The molecular weight excluding hydrogens is 598 g/mol. The molecule has 3 unspecified atom stereocenters. The van der Waals surface area contributed by atoms with E-state index in [1.807, 2.05) is 0 Å². The lowest BCUT2D eigenvalue weighted by Gasteiger charge is -2.22. The van der Waals surface area contributed by atoms with Gasteiger partial charge in [-0.3, -0.25) is 24.6 Å². The molecule has 0 aliphatic carbocycles. The van der Waals surface area contributed by atoms with Gasteiger partial charge in [0.15, 0.2) is 11.7 Å². The van der Waals surface area contributed by atoms with Crippen LogP contribution >= 0.6 is 0 Å². The molecule has 3 aromatic heterocycles. The number of carbonyl (C=O) groups is 2. The topological polar surface area (TPSA) is 143 Å². The standard InChI is InChI=1S/C26H28F6N10O2/c1-15-22(24(44)36-12-20-8-17(3-5-34-20)25(2,28)29)38-40-42(15)6-4-19(27)13-41-14-21(37-39-41)23(43)35-10-16-7-18(11-33-9-16)26(30,31)32/h3,5,7-9,11,14-15,19,22H,4,6,10,12-13H2,1-2H3,(H,35,43)(H,36,44). The molecule has 0 aromatic carbocycles. The Balaban J connectivity index is 1.20. The van der Waals surface area contributed by atoms with E-state index < -0.39 is 47.7 Å². The lowest BCUT2D eigenvalue weighted by Crippen LogP contribution is -2.43. The van der Waals surface area contributed by atoms with Crippen molar-refractivity contribution in [2.45, 2.75) is 70.3 Å². The van der Waals surface area contributed by atoms with Gasteiger partial charge < -0.3 is 10.6 Å². The fraction of sp³-hybridized carbons (Fsp3) is 0.462. The molecule has 3 atom stereocenters. The zero-order chi connectivity index (χ0) is 32.1. The third-order valence-electron chi connectivity index (χ3n) is 6.66. The zero-order valence-electron chi connectivity index (χ0n) is 23.5. The summed E-state index contributed by atoms with van der Waals surface area (Å²) in [4.78, 5) is 32.5. The van der Waals surface area contributed by atoms with Crippen LogP contribution in [0.1, 0.15) is 53.1 Å². The molecule has 44 heavy (non-hydrogen) atoms. The predicted molar refractivity (Wildman–Crippen MR) is 140 cm³/mol. The van der Waals surface area contributed by atoms with Crippen LogP contribution in [0.15, 0.2) is 53.3 Å². The van der Waals surface area contributed by atoms with Crippen LogP contribution in [-0.2, 0) is 36.5 Å². The molecule has 0 saturated carbocycles. The normalized spacial score (nSPS) is 17.5. The van der Waals surface area contributed by atoms with Crippen molar-refractivity contribution in [2.75, 3.05) is 6.54 Å². The van der Waals surface area contributed by atoms with Crippen molar-refractivity contribution in [3.63, 3.8) is 0 Å². The van der Waals surface area contributed by atoms with E-state index in [9.17, 15) is 35.9 Å². The molecule has 4 heterocycles. The summed E-state index contributed by atoms with van der Waals surface area (Å²) in [5, 5.41) is 21.8. The summed E-state index contributed by atoms with van der Waals surface area (Å²) in [7, 11) is 0. The van der Waals surface area contributed by atoms with Crippen LogP contribution in [0, 0.1) is 0 Å². The number of nitrogens with one attached hydrogen (secondary N) is 2. The van der Waals surface area contributed by atoms with Gasteiger partial charge in [-0.15, -0.1) is 5.10 Å². The Hall–Kier alpha value is -4.64. The lowest BCUT2D eigenvalue weighted by molar-refractivity contribution is -0.137. The number of pyridine rings is 2. The molecule has 0 saturated heterocycles. The SMILES string of the molecule is CC1C(C(=O)NCc2cc(C(C)(F)F)ccn2)N=NN1CCC(F)Cn1cc(C(=O)NCc2cncc(C(F)(F)F)c2)nn1. The summed E-state index contributed by atoms with van der Waals surface area (Å²) >= 11 is 0. The molecule has 236 valence electrons. The number of alkyl halides is 6. The van der Waals surface area contributed by atoms with E-state index in [0.717, 1.165) is 17.7 Å². The van der Waals surface area contributed by atoms with Crippen LogP contribution in [0.25, 0.3) is 0 Å². The smallest absolute Gasteiger partial charge is 0.348 e. The Morgan fingerprint density at radius 1 is 1.07 bits per heavy atom. The Morgan fingerprint density at radius 2 is 1.84 bits per heavy atom. The summed E-state index contributed by atoms with van der Waals surface area (Å²) in [5.41, 5.74) is -0.953. The van der Waals surface area contributed by atoms with Crippen molar-refractivity contribution < 1.29 is 35.9 Å². The maximum absolute atomic E-state index is 14.7.